The topological polar surface area (TPSA) is 80.5 Å². The Bertz CT molecular complexity index is 1330. The molecule has 1 heterocycles. The average Bonchev–Trinajstić information content (AvgIpc) is 3.26. The molecular formula is C27H27IN4O3. The first-order chi connectivity index (χ1) is 16.8. The fraction of sp³-hybridized carbons (Fsp3) is 0.222. The number of hydrogen-bond acceptors (Lipinski definition) is 6. The van der Waals surface area contributed by atoms with Crippen LogP contribution in [0, 0.1) is 17.4 Å². The predicted molar refractivity (Wildman–Crippen MR) is 146 cm³/mol. The average molecular weight is 582 g/mol. The number of likely N-dealkylation sites (N-methyl/N-ethyl adjacent to an activating group) is 1. The summed E-state index contributed by atoms with van der Waals surface area (Å²) in [5.41, 5.74) is 5.17. The molecule has 3 aromatic carbocycles. The summed E-state index contributed by atoms with van der Waals surface area (Å²) in [5.74, 6) is 1.43. The van der Waals surface area contributed by atoms with E-state index in [1.807, 2.05) is 86.6 Å². The van der Waals surface area contributed by atoms with E-state index in [1.165, 1.54) is 0 Å². The first-order valence-corrected chi connectivity index (χ1v) is 12.3. The van der Waals surface area contributed by atoms with Gasteiger partial charge in [-0.15, -0.1) is 0 Å². The second kappa shape index (κ2) is 11.0. The minimum atomic E-state index is -0.211. The van der Waals surface area contributed by atoms with Crippen molar-refractivity contribution in [2.24, 2.45) is 0 Å². The van der Waals surface area contributed by atoms with Gasteiger partial charge in [-0.2, -0.15) is 4.98 Å². The highest BCUT2D eigenvalue weighted by Crippen LogP contribution is 2.32. The Labute approximate surface area is 218 Å². The first-order valence-electron chi connectivity index (χ1n) is 11.2. The molecule has 0 saturated heterocycles. The molecule has 0 aliphatic carbocycles. The summed E-state index contributed by atoms with van der Waals surface area (Å²) in [4.78, 5) is 19.5. The quantitative estimate of drug-likeness (QED) is 0.264. The lowest BCUT2D eigenvalue weighted by Gasteiger charge is -2.16. The van der Waals surface area contributed by atoms with Gasteiger partial charge in [0.15, 0.2) is 0 Å². The molecule has 0 unspecified atom stereocenters. The van der Waals surface area contributed by atoms with E-state index >= 15 is 0 Å². The van der Waals surface area contributed by atoms with Crippen LogP contribution in [0.15, 0.2) is 65.2 Å². The van der Waals surface area contributed by atoms with Crippen LogP contribution < -0.4 is 10.1 Å². The van der Waals surface area contributed by atoms with Crippen LogP contribution >= 0.6 is 22.6 Å². The number of halogens is 1. The molecule has 1 aromatic heterocycles. The third-order valence-corrected chi connectivity index (χ3v) is 6.17. The maximum atomic E-state index is 13.1. The number of carbonyl (C=O) groups is 1. The Hall–Kier alpha value is -3.24. The Kier molecular flexibility index (Phi) is 7.82. The Balaban J connectivity index is 1.64. The fourth-order valence-electron chi connectivity index (χ4n) is 3.61. The van der Waals surface area contributed by atoms with Crippen molar-refractivity contribution in [3.8, 4) is 28.3 Å². The van der Waals surface area contributed by atoms with E-state index in [-0.39, 0.29) is 5.91 Å². The smallest absolute Gasteiger partial charge is 0.259 e. The number of anilines is 1. The Morgan fingerprint density at radius 3 is 2.43 bits per heavy atom. The van der Waals surface area contributed by atoms with Gasteiger partial charge in [-0.05, 0) is 103 Å². The number of carbonyl (C=O) groups excluding carboxylic acids is 1. The van der Waals surface area contributed by atoms with E-state index in [0.29, 0.717) is 29.6 Å². The zero-order valence-corrected chi connectivity index (χ0v) is 22.3. The van der Waals surface area contributed by atoms with Crippen molar-refractivity contribution in [1.29, 1.82) is 0 Å². The molecule has 4 rings (SSSR count). The van der Waals surface area contributed by atoms with E-state index in [2.05, 4.69) is 38.0 Å². The van der Waals surface area contributed by atoms with Crippen LogP contribution in [-0.4, -0.2) is 48.2 Å². The monoisotopic (exact) mass is 582 g/mol. The number of ether oxygens (including phenoxy) is 1. The molecule has 8 heteroatoms. The van der Waals surface area contributed by atoms with Crippen LogP contribution in [0.5, 0.6) is 5.75 Å². The lowest BCUT2D eigenvalue weighted by Crippen LogP contribution is -2.21. The van der Waals surface area contributed by atoms with Crippen LogP contribution in [0.3, 0.4) is 0 Å². The van der Waals surface area contributed by atoms with Crippen LogP contribution in [0.25, 0.3) is 22.5 Å². The summed E-state index contributed by atoms with van der Waals surface area (Å²) in [6.45, 7) is 5.01. The molecule has 35 heavy (non-hydrogen) atoms. The molecule has 0 bridgehead atoms. The molecule has 0 aliphatic heterocycles. The van der Waals surface area contributed by atoms with Crippen molar-refractivity contribution in [2.75, 3.05) is 32.6 Å². The molecule has 7 nitrogen and oxygen atoms in total. The minimum Gasteiger partial charge on any atom is -0.491 e. The predicted octanol–water partition coefficient (Wildman–Crippen LogP) is 5.82. The number of nitrogens with one attached hydrogen (secondary N) is 1. The number of benzene rings is 3. The number of aromatic nitrogens is 2. The summed E-state index contributed by atoms with van der Waals surface area (Å²) in [6.07, 6.45) is 0. The normalized spacial score (nSPS) is 11.0. The van der Waals surface area contributed by atoms with Crippen molar-refractivity contribution in [2.45, 2.75) is 13.8 Å². The number of aryl methyl sites for hydroxylation is 2. The third kappa shape index (κ3) is 6.26. The summed E-state index contributed by atoms with van der Waals surface area (Å²) in [6, 6.07) is 19.4. The lowest BCUT2D eigenvalue weighted by atomic mass is 9.96. The van der Waals surface area contributed by atoms with Gasteiger partial charge in [-0.25, -0.2) is 0 Å². The zero-order chi connectivity index (χ0) is 24.9. The highest BCUT2D eigenvalue weighted by molar-refractivity contribution is 14.1. The van der Waals surface area contributed by atoms with Crippen LogP contribution in [0.4, 0.5) is 5.69 Å². The molecule has 180 valence electrons. The highest BCUT2D eigenvalue weighted by atomic mass is 127. The molecule has 0 saturated carbocycles. The summed E-state index contributed by atoms with van der Waals surface area (Å²) < 4.78 is 12.3. The van der Waals surface area contributed by atoms with Crippen LogP contribution in [0.2, 0.25) is 0 Å². The van der Waals surface area contributed by atoms with Gasteiger partial charge in [0.25, 0.3) is 5.91 Å². The van der Waals surface area contributed by atoms with E-state index in [1.54, 1.807) is 6.92 Å². The SMILES string of the molecule is Cc1nc(-c2ccc(-c3ccc(C(=O)Nc4ccc(I)cc4)c(OCCN(C)C)c3)c(C)c2)no1. The maximum Gasteiger partial charge on any atom is 0.259 e. The molecule has 0 atom stereocenters. The van der Waals surface area contributed by atoms with Crippen molar-refractivity contribution in [3.63, 3.8) is 0 Å². The lowest BCUT2D eigenvalue weighted by molar-refractivity contribution is 0.102. The van der Waals surface area contributed by atoms with E-state index in [0.717, 1.165) is 38.1 Å². The minimum absolute atomic E-state index is 0.211. The third-order valence-electron chi connectivity index (χ3n) is 5.45. The number of nitrogens with zero attached hydrogens (tertiary/aromatic N) is 3. The van der Waals surface area contributed by atoms with Gasteiger partial charge in [-0.1, -0.05) is 23.4 Å². The number of rotatable bonds is 8. The molecule has 0 aliphatic rings. The van der Waals surface area contributed by atoms with E-state index < -0.39 is 0 Å². The van der Waals surface area contributed by atoms with E-state index in [9.17, 15) is 4.79 Å². The van der Waals surface area contributed by atoms with Crippen LogP contribution in [-0.2, 0) is 0 Å². The molecule has 0 radical (unpaired) electrons. The van der Waals surface area contributed by atoms with Gasteiger partial charge < -0.3 is 19.5 Å². The maximum absolute atomic E-state index is 13.1. The van der Waals surface area contributed by atoms with Gasteiger partial charge in [0.05, 0.1) is 5.56 Å². The Morgan fingerprint density at radius 2 is 1.77 bits per heavy atom. The summed E-state index contributed by atoms with van der Waals surface area (Å²) in [7, 11) is 3.97. The van der Waals surface area contributed by atoms with Crippen LogP contribution in [0.1, 0.15) is 21.8 Å². The van der Waals surface area contributed by atoms with Gasteiger partial charge in [-0.3, -0.25) is 4.79 Å². The first kappa shape index (κ1) is 24.9. The molecule has 0 fully saturated rings. The number of hydrogen-bond donors (Lipinski definition) is 1. The van der Waals surface area contributed by atoms with Gasteiger partial charge in [0.2, 0.25) is 11.7 Å². The Morgan fingerprint density at radius 1 is 1.03 bits per heavy atom. The van der Waals surface area contributed by atoms with E-state index in [4.69, 9.17) is 9.26 Å². The zero-order valence-electron chi connectivity index (χ0n) is 20.1. The number of amides is 1. The van der Waals surface area contributed by atoms with Crippen molar-refractivity contribution < 1.29 is 14.1 Å². The van der Waals surface area contributed by atoms with Crippen molar-refractivity contribution in [3.05, 3.63) is 81.3 Å². The molecule has 4 aromatic rings. The molecule has 1 amide bonds. The largest absolute Gasteiger partial charge is 0.491 e. The standard InChI is InChI=1S/C27H27IN4O3/c1-17-15-20(26-29-18(2)35-31-26)6-11-23(17)19-5-12-24(25(16-19)34-14-13-32(3)4)27(33)30-22-9-7-21(28)8-10-22/h5-12,15-16H,13-14H2,1-4H3,(H,30,33). The molecule has 1 N–H and O–H groups in total. The second-order valence-corrected chi connectivity index (χ2v) is 9.74. The second-order valence-electron chi connectivity index (χ2n) is 8.49. The summed E-state index contributed by atoms with van der Waals surface area (Å²) in [5, 5.41) is 6.97. The van der Waals surface area contributed by atoms with Gasteiger partial charge in [0, 0.05) is 28.3 Å². The van der Waals surface area contributed by atoms with Gasteiger partial charge in [0.1, 0.15) is 12.4 Å². The highest BCUT2D eigenvalue weighted by Gasteiger charge is 2.16. The van der Waals surface area contributed by atoms with Gasteiger partial charge >= 0.3 is 0 Å². The van der Waals surface area contributed by atoms with Crippen molar-refractivity contribution in [1.82, 2.24) is 15.0 Å². The molecule has 0 spiro atoms. The van der Waals surface area contributed by atoms with Crippen molar-refractivity contribution >= 4 is 34.2 Å². The fourth-order valence-corrected chi connectivity index (χ4v) is 3.97. The summed E-state index contributed by atoms with van der Waals surface area (Å²) >= 11 is 2.24. The molecular weight excluding hydrogens is 555 g/mol.